The molecule has 2 aromatic carbocycles. The number of rotatable bonds is 5. The van der Waals surface area contributed by atoms with Crippen molar-refractivity contribution in [1.29, 1.82) is 0 Å². The zero-order valence-electron chi connectivity index (χ0n) is 12.5. The zero-order valence-corrected chi connectivity index (χ0v) is 15.5. The Morgan fingerprint density at radius 1 is 1.28 bits per heavy atom. The molecule has 0 aliphatic rings. The minimum atomic E-state index is -0.961. The Labute approximate surface area is 157 Å². The fourth-order valence-electron chi connectivity index (χ4n) is 2.48. The number of aromatic nitrogens is 1. The van der Waals surface area contributed by atoms with E-state index in [4.69, 9.17) is 10.5 Å². The first-order valence-electron chi connectivity index (χ1n) is 6.95. The first kappa shape index (κ1) is 18.0. The molecule has 0 fully saturated rings. The smallest absolute Gasteiger partial charge is 0.251 e. The molecular formula is C16H11F2IN2O3S. The molecule has 3 N–H and O–H groups in total. The van der Waals surface area contributed by atoms with Gasteiger partial charge in [-0.15, -0.1) is 0 Å². The summed E-state index contributed by atoms with van der Waals surface area (Å²) in [7, 11) is 1.35. The van der Waals surface area contributed by atoms with Crippen LogP contribution in [0.2, 0.25) is 0 Å². The molecule has 1 heterocycles. The summed E-state index contributed by atoms with van der Waals surface area (Å²) in [6.45, 7) is -0.455. The van der Waals surface area contributed by atoms with Crippen LogP contribution in [0.4, 0.5) is 8.78 Å². The summed E-state index contributed by atoms with van der Waals surface area (Å²) in [5.41, 5.74) is 5.58. The van der Waals surface area contributed by atoms with Gasteiger partial charge in [0.2, 0.25) is 0 Å². The minimum Gasteiger partial charge on any atom is -0.454 e. The van der Waals surface area contributed by atoms with Gasteiger partial charge in [-0.3, -0.25) is 8.77 Å². The van der Waals surface area contributed by atoms with Crippen molar-refractivity contribution in [3.8, 4) is 11.5 Å². The first-order valence-corrected chi connectivity index (χ1v) is 10.3. The molecule has 25 heavy (non-hydrogen) atoms. The van der Waals surface area contributed by atoms with Crippen molar-refractivity contribution >= 4 is 47.1 Å². The van der Waals surface area contributed by atoms with Gasteiger partial charge in [-0.25, -0.2) is 8.78 Å². The molecule has 0 saturated carbocycles. The number of nitrogens with two attached hydrogens (primary N) is 1. The molecule has 3 aromatic rings. The van der Waals surface area contributed by atoms with Gasteiger partial charge in [0.05, 0.1) is 17.7 Å². The number of hydrogen-bond donors (Lipinski definition) is 2. The Balaban J connectivity index is 2.11. The topological polar surface area (TPSA) is 77.5 Å². The van der Waals surface area contributed by atoms with Gasteiger partial charge in [0.15, 0.2) is 11.6 Å². The molecule has 0 aliphatic heterocycles. The molecule has 0 spiro atoms. The van der Waals surface area contributed by atoms with Gasteiger partial charge >= 0.3 is 0 Å². The van der Waals surface area contributed by atoms with Crippen LogP contribution in [0, 0.1) is 11.6 Å². The van der Waals surface area contributed by atoms with E-state index in [9.17, 15) is 18.7 Å². The fourth-order valence-corrected chi connectivity index (χ4v) is 3.84. The van der Waals surface area contributed by atoms with Crippen LogP contribution < -0.4 is 10.5 Å². The van der Waals surface area contributed by atoms with Gasteiger partial charge in [0.25, 0.3) is 5.91 Å². The number of carbonyl (C=O) groups excluding carboxylic acids is 1. The van der Waals surface area contributed by atoms with E-state index in [1.807, 2.05) is 0 Å². The lowest BCUT2D eigenvalue weighted by molar-refractivity contribution is 0.0996. The molecular weight excluding hydrogens is 465 g/mol. The van der Waals surface area contributed by atoms with E-state index in [0.29, 0.717) is 10.9 Å². The summed E-state index contributed by atoms with van der Waals surface area (Å²) >= 11 is 2.06. The summed E-state index contributed by atoms with van der Waals surface area (Å²) in [6.07, 6.45) is 1.74. The van der Waals surface area contributed by atoms with Crippen molar-refractivity contribution in [2.75, 3.05) is 0 Å². The van der Waals surface area contributed by atoms with E-state index in [-0.39, 0.29) is 22.6 Å². The molecule has 0 bridgehead atoms. The Morgan fingerprint density at radius 3 is 2.68 bits per heavy atom. The van der Waals surface area contributed by atoms with Crippen molar-refractivity contribution in [3.05, 3.63) is 59.3 Å². The Bertz CT molecular complexity index is 978. The van der Waals surface area contributed by atoms with Gasteiger partial charge < -0.3 is 15.6 Å². The number of nitrogens with zero attached hydrogens (tertiary/aromatic N) is 1. The summed E-state index contributed by atoms with van der Waals surface area (Å²) in [5, 5.41) is 10.3. The van der Waals surface area contributed by atoms with Crippen molar-refractivity contribution in [2.24, 2.45) is 5.73 Å². The van der Waals surface area contributed by atoms with Gasteiger partial charge in [0.1, 0.15) is 11.6 Å². The van der Waals surface area contributed by atoms with Crippen molar-refractivity contribution < 1.29 is 23.4 Å². The highest BCUT2D eigenvalue weighted by atomic mass is 127. The number of amides is 1. The van der Waals surface area contributed by atoms with Crippen LogP contribution in [-0.2, 0) is 6.61 Å². The maximum atomic E-state index is 14.6. The van der Waals surface area contributed by atoms with Crippen LogP contribution in [-0.4, -0.2) is 15.0 Å². The first-order chi connectivity index (χ1) is 12.0. The van der Waals surface area contributed by atoms with E-state index in [0.717, 1.165) is 12.1 Å². The lowest BCUT2D eigenvalue weighted by Gasteiger charge is -2.13. The summed E-state index contributed by atoms with van der Waals surface area (Å²) in [4.78, 5) is 11.2. The van der Waals surface area contributed by atoms with Crippen LogP contribution in [0.5, 0.6) is 11.5 Å². The molecule has 5 nitrogen and oxygen atoms in total. The number of primary amides is 1. The quantitative estimate of drug-likeness (QED) is 0.543. The van der Waals surface area contributed by atoms with Crippen LogP contribution in [0.15, 0.2) is 36.5 Å². The van der Waals surface area contributed by atoms with E-state index in [1.54, 1.807) is 16.2 Å². The number of benzene rings is 2. The highest BCUT2D eigenvalue weighted by molar-refractivity contribution is 14.2. The second-order valence-electron chi connectivity index (χ2n) is 5.08. The fraction of sp³-hybridized carbons (Fsp3) is 0.0625. The molecule has 0 unspecified atom stereocenters. The number of ether oxygens (including phenoxy) is 1. The Hall–Kier alpha value is -1.85. The molecule has 0 aliphatic carbocycles. The predicted octanol–water partition coefficient (Wildman–Crippen LogP) is 4.15. The molecule has 9 heteroatoms. The standard InChI is InChI=1S/C16H11F2IN2O3S/c17-12-2-1-8(5-10(12)16(20)23)24-15-11(7-22)9-3-4-21(25-19)14(9)6-13(15)18/h1-6,22H,7H2,(H2,20,23). The van der Waals surface area contributed by atoms with Crippen molar-refractivity contribution in [1.82, 2.24) is 3.97 Å². The minimum absolute atomic E-state index is 0.0332. The average molecular weight is 476 g/mol. The van der Waals surface area contributed by atoms with Gasteiger partial charge in [0, 0.05) is 53.5 Å². The van der Waals surface area contributed by atoms with Crippen molar-refractivity contribution in [2.45, 2.75) is 6.61 Å². The predicted molar refractivity (Wildman–Crippen MR) is 99.8 cm³/mol. The zero-order chi connectivity index (χ0) is 18.1. The second-order valence-corrected chi connectivity index (χ2v) is 6.79. The van der Waals surface area contributed by atoms with Crippen LogP contribution in [0.3, 0.4) is 0 Å². The maximum absolute atomic E-state index is 14.6. The van der Waals surface area contributed by atoms with Crippen LogP contribution >= 0.6 is 30.3 Å². The number of halogens is 3. The van der Waals surface area contributed by atoms with E-state index in [2.05, 4.69) is 21.2 Å². The Morgan fingerprint density at radius 2 is 2.04 bits per heavy atom. The number of fused-ring (bicyclic) bond motifs is 1. The molecule has 1 aromatic heterocycles. The number of aliphatic hydroxyl groups excluding tert-OH is 1. The molecule has 1 amide bonds. The average Bonchev–Trinajstić information content (AvgIpc) is 2.99. The van der Waals surface area contributed by atoms with Gasteiger partial charge in [-0.05, 0) is 24.3 Å². The molecule has 0 saturated heterocycles. The Kier molecular flexibility index (Phi) is 5.16. The summed E-state index contributed by atoms with van der Waals surface area (Å²) in [5.74, 6) is -2.60. The number of carbonyl (C=O) groups is 1. The van der Waals surface area contributed by atoms with Crippen LogP contribution in [0.1, 0.15) is 15.9 Å². The summed E-state index contributed by atoms with van der Waals surface area (Å²) < 4.78 is 35.4. The molecule has 0 radical (unpaired) electrons. The number of hydrogen-bond acceptors (Lipinski definition) is 4. The second kappa shape index (κ2) is 7.18. The van der Waals surface area contributed by atoms with E-state index < -0.39 is 24.1 Å². The summed E-state index contributed by atoms with van der Waals surface area (Å²) in [6, 6.07) is 6.37. The third kappa shape index (κ3) is 3.31. The largest absolute Gasteiger partial charge is 0.454 e. The molecule has 3 rings (SSSR count). The van der Waals surface area contributed by atoms with E-state index in [1.165, 1.54) is 21.3 Å². The maximum Gasteiger partial charge on any atom is 0.251 e. The van der Waals surface area contributed by atoms with Crippen LogP contribution in [0.25, 0.3) is 10.9 Å². The highest BCUT2D eigenvalue weighted by Gasteiger charge is 2.19. The lowest BCUT2D eigenvalue weighted by Crippen LogP contribution is -2.13. The molecule has 130 valence electrons. The normalized spacial score (nSPS) is 11.0. The van der Waals surface area contributed by atoms with E-state index >= 15 is 0 Å². The lowest BCUT2D eigenvalue weighted by atomic mass is 10.1. The monoisotopic (exact) mass is 476 g/mol. The highest BCUT2D eigenvalue weighted by Crippen LogP contribution is 2.37. The van der Waals surface area contributed by atoms with Gasteiger partial charge in [-0.2, -0.15) is 0 Å². The van der Waals surface area contributed by atoms with Gasteiger partial charge in [-0.1, -0.05) is 0 Å². The SMILES string of the molecule is NC(=O)c1cc(Oc2c(F)cc3c(ccn3SI)c2CO)ccc1F. The van der Waals surface area contributed by atoms with Crippen molar-refractivity contribution in [3.63, 3.8) is 0 Å². The number of aliphatic hydroxyl groups is 1. The third-order valence-electron chi connectivity index (χ3n) is 3.63. The third-order valence-corrected chi connectivity index (χ3v) is 5.37. The molecule has 0 atom stereocenters.